The van der Waals surface area contributed by atoms with Gasteiger partial charge in [-0.3, -0.25) is 9.89 Å². The maximum atomic E-state index is 14.1. The Morgan fingerprint density at radius 2 is 1.81 bits per heavy atom. The molecule has 2 heterocycles. The first-order valence-electron chi connectivity index (χ1n) is 11.3. The number of guanidine groups is 1. The molecular weight excluding hydrogens is 518 g/mol. The minimum atomic E-state index is -0.327. The first-order chi connectivity index (χ1) is 15.2. The van der Waals surface area contributed by atoms with Gasteiger partial charge in [-0.2, -0.15) is 0 Å². The maximum Gasteiger partial charge on any atom is 0.191 e. The Balaban J connectivity index is 0.00000289. The van der Waals surface area contributed by atoms with Crippen molar-refractivity contribution in [3.05, 3.63) is 65.5 Å². The molecule has 32 heavy (non-hydrogen) atoms. The van der Waals surface area contributed by atoms with Crippen molar-refractivity contribution in [1.29, 1.82) is 0 Å². The van der Waals surface area contributed by atoms with E-state index in [1.807, 2.05) is 13.0 Å². The second kappa shape index (κ2) is 11.8. The van der Waals surface area contributed by atoms with Gasteiger partial charge in [-0.25, -0.2) is 4.39 Å². The van der Waals surface area contributed by atoms with Gasteiger partial charge in [-0.05, 0) is 55.9 Å². The number of hydrogen-bond donors (Lipinski definition) is 2. The molecule has 2 atom stereocenters. The lowest BCUT2D eigenvalue weighted by Gasteiger charge is -2.39. The van der Waals surface area contributed by atoms with Crippen LogP contribution >= 0.6 is 24.0 Å². The first-order valence-corrected chi connectivity index (χ1v) is 11.3. The van der Waals surface area contributed by atoms with E-state index in [1.165, 1.54) is 24.5 Å². The van der Waals surface area contributed by atoms with Crippen LogP contribution in [0.4, 0.5) is 4.39 Å². The van der Waals surface area contributed by atoms with Crippen LogP contribution in [0.3, 0.4) is 0 Å². The van der Waals surface area contributed by atoms with Crippen molar-refractivity contribution in [3.63, 3.8) is 0 Å². The summed E-state index contributed by atoms with van der Waals surface area (Å²) in [5.41, 5.74) is 2.26. The highest BCUT2D eigenvalue weighted by Gasteiger charge is 2.40. The van der Waals surface area contributed by atoms with Gasteiger partial charge in [-0.15, -0.1) is 24.0 Å². The summed E-state index contributed by atoms with van der Waals surface area (Å²) in [6, 6.07) is 17.5. The molecule has 2 saturated heterocycles. The van der Waals surface area contributed by atoms with E-state index in [0.717, 1.165) is 30.9 Å². The Labute approximate surface area is 207 Å². The average Bonchev–Trinajstić information content (AvgIpc) is 3.01. The van der Waals surface area contributed by atoms with Crippen LogP contribution in [0.15, 0.2) is 53.5 Å². The third-order valence-electron chi connectivity index (χ3n) is 6.41. The van der Waals surface area contributed by atoms with Crippen molar-refractivity contribution in [2.24, 2.45) is 4.99 Å². The van der Waals surface area contributed by atoms with E-state index in [1.54, 1.807) is 13.1 Å². The van der Waals surface area contributed by atoms with Crippen molar-refractivity contribution in [2.75, 3.05) is 13.7 Å². The molecule has 0 aromatic heterocycles. The largest absolute Gasteiger partial charge is 0.491 e. The van der Waals surface area contributed by atoms with Crippen LogP contribution in [-0.2, 0) is 13.1 Å². The van der Waals surface area contributed by atoms with Crippen LogP contribution in [-0.4, -0.2) is 42.6 Å². The van der Waals surface area contributed by atoms with Gasteiger partial charge in [0.05, 0.1) is 6.61 Å². The Morgan fingerprint density at radius 3 is 2.44 bits per heavy atom. The fourth-order valence-electron chi connectivity index (χ4n) is 4.95. The van der Waals surface area contributed by atoms with E-state index in [9.17, 15) is 4.39 Å². The summed E-state index contributed by atoms with van der Waals surface area (Å²) in [7, 11) is 1.78. The first kappa shape index (κ1) is 24.8. The van der Waals surface area contributed by atoms with Crippen LogP contribution in [0.25, 0.3) is 0 Å². The van der Waals surface area contributed by atoms with E-state index >= 15 is 0 Å². The minimum Gasteiger partial charge on any atom is -0.491 e. The van der Waals surface area contributed by atoms with Crippen molar-refractivity contribution in [3.8, 4) is 5.75 Å². The molecule has 2 N–H and O–H groups in total. The number of piperidine rings is 1. The van der Waals surface area contributed by atoms with Gasteiger partial charge in [0.25, 0.3) is 0 Å². The van der Waals surface area contributed by atoms with Crippen LogP contribution in [0.2, 0.25) is 0 Å². The zero-order valence-electron chi connectivity index (χ0n) is 18.9. The molecule has 2 aliphatic heterocycles. The highest BCUT2D eigenvalue weighted by atomic mass is 127. The van der Waals surface area contributed by atoms with E-state index in [4.69, 9.17) is 4.74 Å². The van der Waals surface area contributed by atoms with Gasteiger partial charge in [0.2, 0.25) is 0 Å². The van der Waals surface area contributed by atoms with Gasteiger partial charge in [0.15, 0.2) is 17.5 Å². The summed E-state index contributed by atoms with van der Waals surface area (Å²) in [6.45, 7) is 3.86. The number of nitrogens with one attached hydrogen (secondary N) is 2. The number of ether oxygens (including phenoxy) is 1. The number of benzene rings is 2. The van der Waals surface area contributed by atoms with Gasteiger partial charge in [0.1, 0.15) is 0 Å². The Bertz CT molecular complexity index is 881. The third-order valence-corrected chi connectivity index (χ3v) is 6.41. The lowest BCUT2D eigenvalue weighted by Crippen LogP contribution is -2.52. The summed E-state index contributed by atoms with van der Waals surface area (Å²) in [4.78, 5) is 7.07. The molecular formula is C25H34FIN4O. The highest BCUT2D eigenvalue weighted by molar-refractivity contribution is 14.0. The molecule has 5 nitrogen and oxygen atoms in total. The predicted molar refractivity (Wildman–Crippen MR) is 138 cm³/mol. The molecule has 2 aliphatic rings. The molecule has 2 fully saturated rings. The van der Waals surface area contributed by atoms with Gasteiger partial charge in [0, 0.05) is 38.3 Å². The van der Waals surface area contributed by atoms with Gasteiger partial charge >= 0.3 is 0 Å². The molecule has 0 saturated carbocycles. The fourth-order valence-corrected chi connectivity index (χ4v) is 4.95. The number of aliphatic imine (C=N–C) groups is 1. The normalized spacial score (nSPS) is 22.8. The summed E-state index contributed by atoms with van der Waals surface area (Å²) in [5, 5.41) is 6.93. The zero-order chi connectivity index (χ0) is 21.6. The smallest absolute Gasteiger partial charge is 0.191 e. The second-order valence-electron chi connectivity index (χ2n) is 8.48. The quantitative estimate of drug-likeness (QED) is 0.297. The molecule has 0 spiro atoms. The van der Waals surface area contributed by atoms with E-state index in [0.29, 0.717) is 37.0 Å². The van der Waals surface area contributed by atoms with Crippen molar-refractivity contribution >= 4 is 29.9 Å². The monoisotopic (exact) mass is 552 g/mol. The molecule has 2 unspecified atom stereocenters. The number of nitrogens with zero attached hydrogens (tertiary/aromatic N) is 2. The minimum absolute atomic E-state index is 0. The van der Waals surface area contributed by atoms with Crippen LogP contribution in [0.1, 0.15) is 43.7 Å². The Hall–Kier alpha value is -1.87. The van der Waals surface area contributed by atoms with Crippen molar-refractivity contribution < 1.29 is 9.13 Å². The topological polar surface area (TPSA) is 48.9 Å². The SMILES string of the molecule is CCOc1ccc(CNC(=NC)NC2CC3CCC(C2)N3Cc2ccccc2)cc1F.I. The predicted octanol–water partition coefficient (Wildman–Crippen LogP) is 4.70. The summed E-state index contributed by atoms with van der Waals surface area (Å²) < 4.78 is 19.4. The van der Waals surface area contributed by atoms with E-state index in [-0.39, 0.29) is 29.8 Å². The Morgan fingerprint density at radius 1 is 1.09 bits per heavy atom. The fraction of sp³-hybridized carbons (Fsp3) is 0.480. The number of fused-ring (bicyclic) bond motifs is 2. The third kappa shape index (κ3) is 6.13. The molecule has 2 aromatic carbocycles. The van der Waals surface area contributed by atoms with Crippen molar-refractivity contribution in [2.45, 2.75) is 63.8 Å². The van der Waals surface area contributed by atoms with E-state index in [2.05, 4.69) is 50.9 Å². The number of halogens is 2. The lowest BCUT2D eigenvalue weighted by molar-refractivity contribution is 0.114. The van der Waals surface area contributed by atoms with Crippen LogP contribution < -0.4 is 15.4 Å². The standard InChI is InChI=1S/C25H33FN4O.HI/c1-3-31-24-12-9-19(13-23(24)26)16-28-25(27-2)29-20-14-21-10-11-22(15-20)30(21)17-18-7-5-4-6-8-18;/h4-9,12-13,20-22H,3,10-11,14-17H2,1-2H3,(H2,27,28,29);1H. The molecule has 7 heteroatoms. The molecule has 0 aliphatic carbocycles. The maximum absolute atomic E-state index is 14.1. The molecule has 0 amide bonds. The highest BCUT2D eigenvalue weighted by Crippen LogP contribution is 2.36. The molecule has 0 radical (unpaired) electrons. The molecule has 174 valence electrons. The number of rotatable bonds is 7. The summed E-state index contributed by atoms with van der Waals surface area (Å²) >= 11 is 0. The summed E-state index contributed by atoms with van der Waals surface area (Å²) in [5.74, 6) is 0.744. The zero-order valence-corrected chi connectivity index (χ0v) is 21.2. The molecule has 4 rings (SSSR count). The number of hydrogen-bond acceptors (Lipinski definition) is 3. The average molecular weight is 552 g/mol. The molecule has 2 aromatic rings. The van der Waals surface area contributed by atoms with Crippen LogP contribution in [0.5, 0.6) is 5.75 Å². The summed E-state index contributed by atoms with van der Waals surface area (Å²) in [6.07, 6.45) is 4.80. The second-order valence-corrected chi connectivity index (χ2v) is 8.48. The van der Waals surface area contributed by atoms with E-state index < -0.39 is 0 Å². The Kier molecular flexibility index (Phi) is 9.16. The van der Waals surface area contributed by atoms with Gasteiger partial charge in [-0.1, -0.05) is 36.4 Å². The van der Waals surface area contributed by atoms with Crippen LogP contribution in [0, 0.1) is 5.82 Å². The lowest BCUT2D eigenvalue weighted by atomic mass is 9.96. The molecule has 2 bridgehead atoms. The van der Waals surface area contributed by atoms with Gasteiger partial charge < -0.3 is 15.4 Å². The van der Waals surface area contributed by atoms with Crippen molar-refractivity contribution in [1.82, 2.24) is 15.5 Å².